The molecule has 0 radical (unpaired) electrons. The van der Waals surface area contributed by atoms with Crippen LogP contribution in [0.5, 0.6) is 0 Å². The largest absolute Gasteiger partial charge is 0.364 e. The van der Waals surface area contributed by atoms with Crippen LogP contribution in [0.4, 0.5) is 10.1 Å². The molecule has 4 rings (SSSR count). The number of likely N-dealkylation sites (N-methyl/N-ethyl adjacent to an activating group) is 1. The van der Waals surface area contributed by atoms with Crippen LogP contribution in [-0.2, 0) is 9.59 Å². The van der Waals surface area contributed by atoms with Crippen LogP contribution in [-0.4, -0.2) is 54.8 Å². The van der Waals surface area contributed by atoms with E-state index in [0.717, 1.165) is 24.2 Å². The molecule has 2 aromatic rings. The van der Waals surface area contributed by atoms with Gasteiger partial charge in [-0.1, -0.05) is 24.3 Å². The molecule has 0 atom stereocenters. The lowest BCUT2D eigenvalue weighted by atomic mass is 10.0. The Morgan fingerprint density at radius 3 is 2.17 bits per heavy atom. The van der Waals surface area contributed by atoms with Gasteiger partial charge in [0.05, 0.1) is 11.3 Å². The molecule has 0 aliphatic carbocycles. The summed E-state index contributed by atoms with van der Waals surface area (Å²) in [5.74, 6) is -1.05. The van der Waals surface area contributed by atoms with Crippen LogP contribution in [0.25, 0.3) is 5.57 Å². The molecule has 0 N–H and O–H groups in total. The van der Waals surface area contributed by atoms with Gasteiger partial charge in [0.2, 0.25) is 0 Å². The molecular weight excluding hydrogens is 369 g/mol. The van der Waals surface area contributed by atoms with E-state index in [1.54, 1.807) is 12.1 Å². The summed E-state index contributed by atoms with van der Waals surface area (Å²) in [5, 5.41) is 0. The van der Waals surface area contributed by atoms with Gasteiger partial charge in [-0.15, -0.1) is 0 Å². The Morgan fingerprint density at radius 2 is 1.52 bits per heavy atom. The third kappa shape index (κ3) is 3.44. The first-order valence-electron chi connectivity index (χ1n) is 9.76. The van der Waals surface area contributed by atoms with Gasteiger partial charge in [0.25, 0.3) is 11.8 Å². The lowest BCUT2D eigenvalue weighted by molar-refractivity contribution is -0.120. The molecular formula is C23H24FN3O2. The number of halogens is 1. The highest BCUT2D eigenvalue weighted by Crippen LogP contribution is 2.36. The molecule has 5 nitrogen and oxygen atoms in total. The highest BCUT2D eigenvalue weighted by atomic mass is 19.1. The first kappa shape index (κ1) is 19.3. The predicted molar refractivity (Wildman–Crippen MR) is 111 cm³/mol. The van der Waals surface area contributed by atoms with E-state index in [-0.39, 0.29) is 17.6 Å². The van der Waals surface area contributed by atoms with E-state index in [2.05, 4.69) is 4.90 Å². The Balaban J connectivity index is 1.83. The maximum Gasteiger partial charge on any atom is 0.282 e. The van der Waals surface area contributed by atoms with Crippen LogP contribution in [0.3, 0.4) is 0 Å². The number of rotatable bonds is 3. The summed E-state index contributed by atoms with van der Waals surface area (Å²) in [6.07, 6.45) is 0. The lowest BCUT2D eigenvalue weighted by Crippen LogP contribution is -2.46. The summed E-state index contributed by atoms with van der Waals surface area (Å²) in [6.45, 7) is 6.77. The van der Waals surface area contributed by atoms with Gasteiger partial charge >= 0.3 is 0 Å². The zero-order chi connectivity index (χ0) is 20.7. The van der Waals surface area contributed by atoms with Crippen LogP contribution < -0.4 is 4.90 Å². The van der Waals surface area contributed by atoms with Crippen molar-refractivity contribution in [2.24, 2.45) is 0 Å². The van der Waals surface area contributed by atoms with E-state index in [0.29, 0.717) is 35.6 Å². The van der Waals surface area contributed by atoms with Crippen molar-refractivity contribution in [3.05, 3.63) is 70.7 Å². The molecule has 1 saturated heterocycles. The molecule has 1 fully saturated rings. The van der Waals surface area contributed by atoms with E-state index in [9.17, 15) is 14.0 Å². The minimum atomic E-state index is -0.376. The maximum atomic E-state index is 13.5. The molecule has 2 aliphatic heterocycles. The number of benzene rings is 2. The Morgan fingerprint density at radius 1 is 0.862 bits per heavy atom. The Labute approximate surface area is 170 Å². The van der Waals surface area contributed by atoms with Crippen molar-refractivity contribution in [2.45, 2.75) is 13.8 Å². The molecule has 150 valence electrons. The van der Waals surface area contributed by atoms with Crippen molar-refractivity contribution >= 4 is 23.1 Å². The minimum Gasteiger partial charge on any atom is -0.364 e. The number of hydrogen-bond donors (Lipinski definition) is 0. The quantitative estimate of drug-likeness (QED) is 0.752. The molecule has 0 unspecified atom stereocenters. The number of nitrogens with zero attached hydrogens (tertiary/aromatic N) is 3. The van der Waals surface area contributed by atoms with E-state index < -0.39 is 0 Å². The maximum absolute atomic E-state index is 13.5. The number of carbonyl (C=O) groups excluding carboxylic acids is 2. The second kappa shape index (κ2) is 7.44. The van der Waals surface area contributed by atoms with E-state index in [4.69, 9.17) is 0 Å². The molecule has 6 heteroatoms. The van der Waals surface area contributed by atoms with Crippen molar-refractivity contribution in [3.63, 3.8) is 0 Å². The van der Waals surface area contributed by atoms with Crippen molar-refractivity contribution in [1.29, 1.82) is 0 Å². The second-order valence-corrected chi connectivity index (χ2v) is 7.76. The van der Waals surface area contributed by atoms with Crippen LogP contribution in [0.15, 0.2) is 48.2 Å². The normalized spacial score (nSPS) is 18.2. The fraction of sp³-hybridized carbons (Fsp3) is 0.304. The molecule has 2 amide bonds. The van der Waals surface area contributed by atoms with Crippen LogP contribution >= 0.6 is 0 Å². The van der Waals surface area contributed by atoms with E-state index >= 15 is 0 Å². The van der Waals surface area contributed by atoms with Crippen molar-refractivity contribution in [3.8, 4) is 0 Å². The molecule has 2 aliphatic rings. The van der Waals surface area contributed by atoms with E-state index in [1.165, 1.54) is 17.0 Å². The van der Waals surface area contributed by atoms with Gasteiger partial charge in [-0.25, -0.2) is 9.29 Å². The Kier molecular flexibility index (Phi) is 4.96. The molecule has 2 aromatic carbocycles. The summed E-state index contributed by atoms with van der Waals surface area (Å²) in [7, 11) is 2.04. The van der Waals surface area contributed by atoms with E-state index in [1.807, 2.05) is 44.0 Å². The van der Waals surface area contributed by atoms with Crippen molar-refractivity contribution in [2.75, 3.05) is 38.1 Å². The molecule has 29 heavy (non-hydrogen) atoms. The van der Waals surface area contributed by atoms with Gasteiger partial charge in [0, 0.05) is 26.2 Å². The zero-order valence-electron chi connectivity index (χ0n) is 16.9. The topological polar surface area (TPSA) is 43.9 Å². The SMILES string of the molecule is Cc1ccc(C)c(N2C(=O)C(c3ccc(F)cc3)=C(N3CCN(C)CC3)C2=O)c1. The van der Waals surface area contributed by atoms with Gasteiger partial charge < -0.3 is 9.80 Å². The zero-order valence-corrected chi connectivity index (χ0v) is 16.9. The summed E-state index contributed by atoms with van der Waals surface area (Å²) < 4.78 is 13.5. The minimum absolute atomic E-state index is 0.312. The standard InChI is InChI=1S/C23H24FN3O2/c1-15-4-5-16(2)19(14-15)27-22(28)20(17-6-8-18(24)9-7-17)21(23(27)29)26-12-10-25(3)11-13-26/h4-9,14H,10-13H2,1-3H3. The highest BCUT2D eigenvalue weighted by Gasteiger charge is 2.43. The number of carbonyl (C=O) groups is 2. The fourth-order valence-corrected chi connectivity index (χ4v) is 3.90. The number of aryl methyl sites for hydroxylation is 2. The summed E-state index contributed by atoms with van der Waals surface area (Å²) in [5.41, 5.74) is 3.75. The number of piperazine rings is 1. The van der Waals surface area contributed by atoms with Gasteiger partial charge in [-0.05, 0) is 55.8 Å². The molecule has 0 aromatic heterocycles. The second-order valence-electron chi connectivity index (χ2n) is 7.76. The van der Waals surface area contributed by atoms with Crippen molar-refractivity contribution in [1.82, 2.24) is 9.80 Å². The van der Waals surface area contributed by atoms with Gasteiger partial charge in [0.15, 0.2) is 0 Å². The first-order valence-corrected chi connectivity index (χ1v) is 9.76. The average Bonchev–Trinajstić information content (AvgIpc) is 2.95. The Hall–Kier alpha value is -2.99. The molecule has 0 spiro atoms. The smallest absolute Gasteiger partial charge is 0.282 e. The third-order valence-corrected chi connectivity index (χ3v) is 5.62. The van der Waals surface area contributed by atoms with Gasteiger partial charge in [-0.3, -0.25) is 9.59 Å². The fourth-order valence-electron chi connectivity index (χ4n) is 3.90. The van der Waals surface area contributed by atoms with Gasteiger partial charge in [-0.2, -0.15) is 0 Å². The molecule has 0 bridgehead atoms. The third-order valence-electron chi connectivity index (χ3n) is 5.62. The highest BCUT2D eigenvalue weighted by molar-refractivity contribution is 6.45. The summed E-state index contributed by atoms with van der Waals surface area (Å²) >= 11 is 0. The van der Waals surface area contributed by atoms with Crippen LogP contribution in [0, 0.1) is 19.7 Å². The average molecular weight is 393 g/mol. The van der Waals surface area contributed by atoms with Crippen molar-refractivity contribution < 1.29 is 14.0 Å². The lowest BCUT2D eigenvalue weighted by Gasteiger charge is -2.34. The molecule has 2 heterocycles. The predicted octanol–water partition coefficient (Wildman–Crippen LogP) is 2.97. The van der Waals surface area contributed by atoms with Crippen LogP contribution in [0.1, 0.15) is 16.7 Å². The van der Waals surface area contributed by atoms with Crippen LogP contribution in [0.2, 0.25) is 0 Å². The first-order chi connectivity index (χ1) is 13.9. The summed E-state index contributed by atoms with van der Waals surface area (Å²) in [6, 6.07) is 11.5. The number of imide groups is 1. The number of amides is 2. The number of hydrogen-bond acceptors (Lipinski definition) is 4. The Bertz CT molecular complexity index is 1010. The number of anilines is 1. The monoisotopic (exact) mass is 393 g/mol. The van der Waals surface area contributed by atoms with Gasteiger partial charge in [0.1, 0.15) is 11.5 Å². The summed E-state index contributed by atoms with van der Waals surface area (Å²) in [4.78, 5) is 32.5. The molecule has 0 saturated carbocycles.